The minimum absolute atomic E-state index is 0.0846. The maximum Gasteiger partial charge on any atom is 0.387 e. The molecule has 0 unspecified atom stereocenters. The lowest BCUT2D eigenvalue weighted by molar-refractivity contribution is -0.140. The summed E-state index contributed by atoms with van der Waals surface area (Å²) in [5, 5.41) is 2.36. The van der Waals surface area contributed by atoms with E-state index < -0.39 is 6.61 Å². The van der Waals surface area contributed by atoms with Crippen molar-refractivity contribution in [3.63, 3.8) is 0 Å². The molecule has 0 saturated heterocycles. The first kappa shape index (κ1) is 15.4. The molecule has 0 aliphatic rings. The van der Waals surface area contributed by atoms with Crippen LogP contribution in [0.4, 0.5) is 8.78 Å². The van der Waals surface area contributed by atoms with Gasteiger partial charge in [0.25, 0.3) is 0 Å². The van der Waals surface area contributed by atoms with Crippen LogP contribution in [0.25, 0.3) is 10.6 Å². The monoisotopic (exact) mass is 313 g/mol. The first-order valence-corrected chi connectivity index (χ1v) is 7.03. The highest BCUT2D eigenvalue weighted by Crippen LogP contribution is 2.33. The Morgan fingerprint density at radius 1 is 1.38 bits per heavy atom. The number of halogens is 2. The van der Waals surface area contributed by atoms with E-state index in [1.165, 1.54) is 24.5 Å². The van der Waals surface area contributed by atoms with Gasteiger partial charge in [-0.1, -0.05) is 12.1 Å². The van der Waals surface area contributed by atoms with Crippen molar-refractivity contribution in [1.29, 1.82) is 0 Å². The fraction of sp³-hybridized carbons (Fsp3) is 0.286. The lowest BCUT2D eigenvalue weighted by Crippen LogP contribution is -2.03. The van der Waals surface area contributed by atoms with Crippen LogP contribution in [0.5, 0.6) is 5.75 Å². The molecule has 0 aliphatic heterocycles. The lowest BCUT2D eigenvalue weighted by Gasteiger charge is -2.08. The number of carbonyl (C=O) groups is 1. The molecule has 0 atom stereocenters. The predicted molar refractivity (Wildman–Crippen MR) is 74.5 cm³/mol. The van der Waals surface area contributed by atoms with Crippen LogP contribution in [-0.4, -0.2) is 24.7 Å². The predicted octanol–water partition coefficient (Wildman–Crippen LogP) is 3.52. The van der Waals surface area contributed by atoms with Gasteiger partial charge in [0.2, 0.25) is 0 Å². The number of hydrogen-bond donors (Lipinski definition) is 0. The summed E-state index contributed by atoms with van der Waals surface area (Å²) in [6, 6.07) is 6.48. The van der Waals surface area contributed by atoms with Gasteiger partial charge in [-0.05, 0) is 12.1 Å². The SMILES string of the molecule is COC(=O)CCc1csc(-c2ccccc2OC(F)F)n1. The third-order valence-corrected chi connectivity index (χ3v) is 3.62. The highest BCUT2D eigenvalue weighted by molar-refractivity contribution is 7.13. The first-order chi connectivity index (χ1) is 10.1. The van der Waals surface area contributed by atoms with Crippen LogP contribution in [-0.2, 0) is 16.0 Å². The van der Waals surface area contributed by atoms with E-state index >= 15 is 0 Å². The molecular weight excluding hydrogens is 300 g/mol. The van der Waals surface area contributed by atoms with Crippen molar-refractivity contribution in [2.24, 2.45) is 0 Å². The number of para-hydroxylation sites is 1. The molecule has 0 amide bonds. The second-order valence-electron chi connectivity index (χ2n) is 4.09. The number of alkyl halides is 2. The number of esters is 1. The van der Waals surface area contributed by atoms with E-state index in [9.17, 15) is 13.6 Å². The third kappa shape index (κ3) is 4.22. The summed E-state index contributed by atoms with van der Waals surface area (Å²) < 4.78 is 33.8. The molecule has 0 fully saturated rings. The smallest absolute Gasteiger partial charge is 0.387 e. The largest absolute Gasteiger partial charge is 0.469 e. The maximum absolute atomic E-state index is 12.4. The number of ether oxygens (including phenoxy) is 2. The molecule has 0 radical (unpaired) electrons. The molecule has 0 bridgehead atoms. The standard InChI is InChI=1S/C14H13F2NO3S/c1-19-12(18)7-6-9-8-21-13(17-9)10-4-2-3-5-11(10)20-14(15)16/h2-5,8,14H,6-7H2,1H3. The second-order valence-corrected chi connectivity index (χ2v) is 4.95. The summed E-state index contributed by atoms with van der Waals surface area (Å²) in [5.74, 6) is -0.229. The van der Waals surface area contributed by atoms with Gasteiger partial charge in [-0.25, -0.2) is 4.98 Å². The Bertz CT molecular complexity index is 616. The van der Waals surface area contributed by atoms with Crippen molar-refractivity contribution >= 4 is 17.3 Å². The molecule has 0 saturated carbocycles. The van der Waals surface area contributed by atoms with Crippen molar-refractivity contribution in [1.82, 2.24) is 4.98 Å². The topological polar surface area (TPSA) is 48.4 Å². The second kappa shape index (κ2) is 7.12. The van der Waals surface area contributed by atoms with Crippen LogP contribution in [0.1, 0.15) is 12.1 Å². The normalized spacial score (nSPS) is 10.7. The molecule has 1 aromatic heterocycles. The van der Waals surface area contributed by atoms with E-state index in [1.54, 1.807) is 23.6 Å². The fourth-order valence-electron chi connectivity index (χ4n) is 1.72. The van der Waals surface area contributed by atoms with Crippen molar-refractivity contribution in [2.75, 3.05) is 7.11 Å². The number of hydrogen-bond acceptors (Lipinski definition) is 5. The zero-order valence-corrected chi connectivity index (χ0v) is 12.0. The van der Waals surface area contributed by atoms with Gasteiger partial charge < -0.3 is 9.47 Å². The molecule has 4 nitrogen and oxygen atoms in total. The summed E-state index contributed by atoms with van der Waals surface area (Å²) >= 11 is 1.32. The summed E-state index contributed by atoms with van der Waals surface area (Å²) in [7, 11) is 1.33. The molecule has 7 heteroatoms. The number of aromatic nitrogens is 1. The summed E-state index contributed by atoms with van der Waals surface area (Å²) in [4.78, 5) is 15.4. The molecule has 2 aromatic rings. The van der Waals surface area contributed by atoms with Crippen molar-refractivity contribution in [2.45, 2.75) is 19.5 Å². The zero-order chi connectivity index (χ0) is 15.2. The number of thiazole rings is 1. The van der Waals surface area contributed by atoms with Gasteiger partial charge in [0, 0.05) is 11.8 Å². The third-order valence-electron chi connectivity index (χ3n) is 2.70. The molecule has 112 valence electrons. The summed E-state index contributed by atoms with van der Waals surface area (Å²) in [6.45, 7) is -2.88. The molecule has 0 aliphatic carbocycles. The van der Waals surface area contributed by atoms with E-state index in [4.69, 9.17) is 0 Å². The van der Waals surface area contributed by atoms with Gasteiger partial charge in [-0.2, -0.15) is 8.78 Å². The van der Waals surface area contributed by atoms with Crippen LogP contribution in [0.15, 0.2) is 29.6 Å². The first-order valence-electron chi connectivity index (χ1n) is 6.15. The van der Waals surface area contributed by atoms with E-state index in [2.05, 4.69) is 14.5 Å². The van der Waals surface area contributed by atoms with Crippen LogP contribution >= 0.6 is 11.3 Å². The molecule has 1 aromatic carbocycles. The van der Waals surface area contributed by atoms with Gasteiger partial charge in [0.15, 0.2) is 0 Å². The Kier molecular flexibility index (Phi) is 5.21. The van der Waals surface area contributed by atoms with Gasteiger partial charge in [0.05, 0.1) is 24.8 Å². The minimum atomic E-state index is -2.88. The van der Waals surface area contributed by atoms with Crippen LogP contribution in [0.3, 0.4) is 0 Å². The van der Waals surface area contributed by atoms with Crippen molar-refractivity contribution < 1.29 is 23.0 Å². The van der Waals surface area contributed by atoms with Gasteiger partial charge >= 0.3 is 12.6 Å². The average Bonchev–Trinajstić information content (AvgIpc) is 2.93. The molecule has 21 heavy (non-hydrogen) atoms. The quantitative estimate of drug-likeness (QED) is 0.766. The number of carbonyl (C=O) groups excluding carboxylic acids is 1. The number of rotatable bonds is 6. The lowest BCUT2D eigenvalue weighted by atomic mass is 10.2. The molecule has 2 rings (SSSR count). The van der Waals surface area contributed by atoms with E-state index in [-0.39, 0.29) is 18.1 Å². The molecule has 1 heterocycles. The van der Waals surface area contributed by atoms with Gasteiger partial charge in [0.1, 0.15) is 10.8 Å². The fourth-order valence-corrected chi connectivity index (χ4v) is 2.60. The minimum Gasteiger partial charge on any atom is -0.469 e. The number of methoxy groups -OCH3 is 1. The molecular formula is C14H13F2NO3S. The highest BCUT2D eigenvalue weighted by Gasteiger charge is 2.14. The summed E-state index contributed by atoms with van der Waals surface area (Å²) in [5.41, 5.74) is 1.22. The Morgan fingerprint density at radius 2 is 2.14 bits per heavy atom. The summed E-state index contributed by atoms with van der Waals surface area (Å²) in [6.07, 6.45) is 0.676. The van der Waals surface area contributed by atoms with Crippen LogP contribution in [0.2, 0.25) is 0 Å². The number of benzene rings is 1. The van der Waals surface area contributed by atoms with Crippen molar-refractivity contribution in [3.8, 4) is 16.3 Å². The Labute approximate surface area is 124 Å². The van der Waals surface area contributed by atoms with Crippen molar-refractivity contribution in [3.05, 3.63) is 35.3 Å². The van der Waals surface area contributed by atoms with Crippen LogP contribution in [0, 0.1) is 0 Å². The zero-order valence-electron chi connectivity index (χ0n) is 11.2. The van der Waals surface area contributed by atoms with E-state index in [0.29, 0.717) is 22.7 Å². The number of nitrogens with zero attached hydrogens (tertiary/aromatic N) is 1. The average molecular weight is 313 g/mol. The number of aryl methyl sites for hydroxylation is 1. The van der Waals surface area contributed by atoms with Gasteiger partial charge in [-0.15, -0.1) is 11.3 Å². The Balaban J connectivity index is 2.16. The maximum atomic E-state index is 12.4. The van der Waals surface area contributed by atoms with E-state index in [0.717, 1.165) is 0 Å². The van der Waals surface area contributed by atoms with Gasteiger partial charge in [-0.3, -0.25) is 4.79 Å². The Hall–Kier alpha value is -2.02. The molecule has 0 spiro atoms. The Morgan fingerprint density at radius 3 is 2.86 bits per heavy atom. The highest BCUT2D eigenvalue weighted by atomic mass is 32.1. The van der Waals surface area contributed by atoms with Crippen LogP contribution < -0.4 is 4.74 Å². The molecule has 0 N–H and O–H groups in total. The van der Waals surface area contributed by atoms with E-state index in [1.807, 2.05) is 0 Å².